The van der Waals surface area contributed by atoms with Gasteiger partial charge in [-0.2, -0.15) is 4.98 Å². The number of hydrogen-bond acceptors (Lipinski definition) is 5. The Hall–Kier alpha value is -1.88. The van der Waals surface area contributed by atoms with E-state index >= 15 is 0 Å². The fourth-order valence-electron chi connectivity index (χ4n) is 2.32. The molecule has 5 heteroatoms. The number of piperazine rings is 1. The first-order valence-corrected chi connectivity index (χ1v) is 7.14. The predicted molar refractivity (Wildman–Crippen MR) is 78.9 cm³/mol. The van der Waals surface area contributed by atoms with E-state index in [0.717, 1.165) is 37.6 Å². The summed E-state index contributed by atoms with van der Waals surface area (Å²) in [5.41, 5.74) is 2.22. The Balaban J connectivity index is 1.77. The monoisotopic (exact) mass is 272 g/mol. The van der Waals surface area contributed by atoms with Crippen molar-refractivity contribution in [3.63, 3.8) is 0 Å². The average Bonchev–Trinajstić information content (AvgIpc) is 2.98. The van der Waals surface area contributed by atoms with Gasteiger partial charge in [-0.3, -0.25) is 0 Å². The highest BCUT2D eigenvalue weighted by molar-refractivity contribution is 5.59. The molecule has 3 rings (SSSR count). The second-order valence-corrected chi connectivity index (χ2v) is 5.40. The van der Waals surface area contributed by atoms with Crippen LogP contribution in [0.2, 0.25) is 0 Å². The molecule has 0 atom stereocenters. The van der Waals surface area contributed by atoms with Crippen LogP contribution in [0.15, 0.2) is 28.8 Å². The molecule has 2 aromatic rings. The first-order valence-electron chi connectivity index (χ1n) is 7.14. The summed E-state index contributed by atoms with van der Waals surface area (Å²) >= 11 is 0. The van der Waals surface area contributed by atoms with E-state index in [0.29, 0.717) is 5.89 Å². The van der Waals surface area contributed by atoms with Crippen molar-refractivity contribution in [1.82, 2.24) is 15.5 Å². The smallest absolute Gasteiger partial charge is 0.257 e. The summed E-state index contributed by atoms with van der Waals surface area (Å²) in [5, 5.41) is 7.36. The Labute approximate surface area is 119 Å². The van der Waals surface area contributed by atoms with Gasteiger partial charge in [0.2, 0.25) is 0 Å². The van der Waals surface area contributed by atoms with Gasteiger partial charge in [0.15, 0.2) is 5.82 Å². The van der Waals surface area contributed by atoms with Gasteiger partial charge in [0.1, 0.15) is 0 Å². The molecule has 0 unspecified atom stereocenters. The molecule has 0 bridgehead atoms. The van der Waals surface area contributed by atoms with Gasteiger partial charge in [0.05, 0.1) is 0 Å². The molecule has 1 fully saturated rings. The fraction of sp³-hybridized carbons (Fsp3) is 0.467. The van der Waals surface area contributed by atoms with Crippen LogP contribution in [0.4, 0.5) is 5.69 Å². The third-order valence-corrected chi connectivity index (χ3v) is 3.55. The van der Waals surface area contributed by atoms with Crippen molar-refractivity contribution in [1.29, 1.82) is 0 Å². The molecule has 20 heavy (non-hydrogen) atoms. The topological polar surface area (TPSA) is 54.2 Å². The van der Waals surface area contributed by atoms with E-state index in [4.69, 9.17) is 4.52 Å². The molecule has 106 valence electrons. The zero-order valence-electron chi connectivity index (χ0n) is 12.0. The second kappa shape index (κ2) is 5.63. The van der Waals surface area contributed by atoms with Crippen LogP contribution in [0.25, 0.3) is 11.5 Å². The van der Waals surface area contributed by atoms with E-state index in [1.54, 1.807) is 0 Å². The number of benzene rings is 1. The van der Waals surface area contributed by atoms with Gasteiger partial charge in [-0.05, 0) is 24.3 Å². The molecule has 2 heterocycles. The molecule has 1 aliphatic heterocycles. The van der Waals surface area contributed by atoms with E-state index < -0.39 is 0 Å². The highest BCUT2D eigenvalue weighted by atomic mass is 16.5. The van der Waals surface area contributed by atoms with Crippen LogP contribution in [0.5, 0.6) is 0 Å². The van der Waals surface area contributed by atoms with E-state index in [9.17, 15) is 0 Å². The second-order valence-electron chi connectivity index (χ2n) is 5.40. The lowest BCUT2D eigenvalue weighted by molar-refractivity contribution is 0.419. The summed E-state index contributed by atoms with van der Waals surface area (Å²) in [6, 6.07) is 8.35. The van der Waals surface area contributed by atoms with Crippen LogP contribution in [0.3, 0.4) is 0 Å². The zero-order valence-corrected chi connectivity index (χ0v) is 12.0. The molecule has 1 saturated heterocycles. The molecule has 1 N–H and O–H groups in total. The molecule has 0 saturated carbocycles. The van der Waals surface area contributed by atoms with Gasteiger partial charge in [-0.15, -0.1) is 0 Å². The molecule has 0 spiro atoms. The minimum absolute atomic E-state index is 0.285. The van der Waals surface area contributed by atoms with E-state index in [1.807, 2.05) is 0 Å². The summed E-state index contributed by atoms with van der Waals surface area (Å²) < 4.78 is 5.31. The van der Waals surface area contributed by atoms with Crippen molar-refractivity contribution in [2.45, 2.75) is 19.8 Å². The first-order chi connectivity index (χ1) is 9.74. The number of nitrogens with one attached hydrogen (secondary N) is 1. The zero-order chi connectivity index (χ0) is 13.9. The number of aromatic nitrogens is 2. The predicted octanol–water partition coefficient (Wildman–Crippen LogP) is 2.27. The summed E-state index contributed by atoms with van der Waals surface area (Å²) in [5.74, 6) is 1.64. The number of anilines is 1. The fourth-order valence-corrected chi connectivity index (χ4v) is 2.32. The maximum atomic E-state index is 5.31. The third kappa shape index (κ3) is 2.67. The van der Waals surface area contributed by atoms with E-state index in [2.05, 4.69) is 58.5 Å². The molecule has 0 radical (unpaired) electrons. The summed E-state index contributed by atoms with van der Waals surface area (Å²) in [4.78, 5) is 6.80. The number of nitrogens with zero attached hydrogens (tertiary/aromatic N) is 3. The Kier molecular flexibility index (Phi) is 3.69. The molecule has 5 nitrogen and oxygen atoms in total. The molecule has 0 amide bonds. The lowest BCUT2D eigenvalue weighted by Crippen LogP contribution is -2.43. The lowest BCUT2D eigenvalue weighted by atomic mass is 10.1. The van der Waals surface area contributed by atoms with Crippen LogP contribution in [-0.2, 0) is 0 Å². The maximum absolute atomic E-state index is 5.31. The molecule has 1 aromatic carbocycles. The van der Waals surface area contributed by atoms with Gasteiger partial charge >= 0.3 is 0 Å². The van der Waals surface area contributed by atoms with Crippen LogP contribution in [0, 0.1) is 0 Å². The normalized spacial score (nSPS) is 15.8. The van der Waals surface area contributed by atoms with Crippen molar-refractivity contribution in [2.75, 3.05) is 31.1 Å². The summed E-state index contributed by atoms with van der Waals surface area (Å²) in [6.45, 7) is 8.31. The summed E-state index contributed by atoms with van der Waals surface area (Å²) in [6.07, 6.45) is 0. The Morgan fingerprint density at radius 1 is 1.15 bits per heavy atom. The minimum atomic E-state index is 0.285. The van der Waals surface area contributed by atoms with Gasteiger partial charge in [-0.1, -0.05) is 19.0 Å². The standard InChI is InChI=1S/C15H20N4O/c1-11(2)14-17-15(20-18-14)12-3-5-13(6-4-12)19-9-7-16-8-10-19/h3-6,11,16H,7-10H2,1-2H3. The van der Waals surface area contributed by atoms with E-state index in [-0.39, 0.29) is 5.92 Å². The third-order valence-electron chi connectivity index (χ3n) is 3.55. The van der Waals surface area contributed by atoms with Crippen molar-refractivity contribution >= 4 is 5.69 Å². The first kappa shape index (κ1) is 13.1. The van der Waals surface area contributed by atoms with Crippen molar-refractivity contribution in [2.24, 2.45) is 0 Å². The van der Waals surface area contributed by atoms with Crippen molar-refractivity contribution in [3.8, 4) is 11.5 Å². The molecule has 1 aromatic heterocycles. The number of rotatable bonds is 3. The number of hydrogen-bond donors (Lipinski definition) is 1. The Morgan fingerprint density at radius 2 is 1.85 bits per heavy atom. The average molecular weight is 272 g/mol. The summed E-state index contributed by atoms with van der Waals surface area (Å²) in [7, 11) is 0. The van der Waals surface area contributed by atoms with Gasteiger partial charge in [0.25, 0.3) is 5.89 Å². The molecular formula is C15H20N4O. The largest absolute Gasteiger partial charge is 0.369 e. The van der Waals surface area contributed by atoms with E-state index in [1.165, 1.54) is 5.69 Å². The van der Waals surface area contributed by atoms with Crippen LogP contribution >= 0.6 is 0 Å². The molecule has 1 aliphatic rings. The van der Waals surface area contributed by atoms with Gasteiger partial charge in [0, 0.05) is 43.3 Å². The lowest BCUT2D eigenvalue weighted by Gasteiger charge is -2.29. The molecular weight excluding hydrogens is 252 g/mol. The van der Waals surface area contributed by atoms with Crippen LogP contribution < -0.4 is 10.2 Å². The van der Waals surface area contributed by atoms with Crippen LogP contribution in [0.1, 0.15) is 25.6 Å². The SMILES string of the molecule is CC(C)c1noc(-c2ccc(N3CCNCC3)cc2)n1. The maximum Gasteiger partial charge on any atom is 0.257 e. The van der Waals surface area contributed by atoms with Crippen molar-refractivity contribution < 1.29 is 4.52 Å². The Morgan fingerprint density at radius 3 is 2.45 bits per heavy atom. The molecule has 0 aliphatic carbocycles. The van der Waals surface area contributed by atoms with Gasteiger partial charge in [-0.25, -0.2) is 0 Å². The van der Waals surface area contributed by atoms with Crippen molar-refractivity contribution in [3.05, 3.63) is 30.1 Å². The van der Waals surface area contributed by atoms with Crippen LogP contribution in [-0.4, -0.2) is 36.3 Å². The highest BCUT2D eigenvalue weighted by Crippen LogP contribution is 2.23. The highest BCUT2D eigenvalue weighted by Gasteiger charge is 2.13. The van der Waals surface area contributed by atoms with Gasteiger partial charge < -0.3 is 14.7 Å². The quantitative estimate of drug-likeness (QED) is 0.929. The Bertz CT molecular complexity index is 556. The minimum Gasteiger partial charge on any atom is -0.369 e.